The van der Waals surface area contributed by atoms with Gasteiger partial charge in [0, 0.05) is 6.92 Å². The molecule has 0 fully saturated rings. The van der Waals surface area contributed by atoms with Gasteiger partial charge in [0.2, 0.25) is 0 Å². The van der Waals surface area contributed by atoms with E-state index in [1.165, 1.54) is 20.2 Å². The molecule has 7 heteroatoms. The summed E-state index contributed by atoms with van der Waals surface area (Å²) in [7, 11) is 1.47. The van der Waals surface area contributed by atoms with Gasteiger partial charge < -0.3 is 13.9 Å². The lowest BCUT2D eigenvalue weighted by Crippen LogP contribution is -2.17. The largest absolute Gasteiger partial charge is 0.493 e. The molecule has 0 saturated heterocycles. The molecular weight excluding hydrogens is 312 g/mol. The van der Waals surface area contributed by atoms with Crippen molar-refractivity contribution in [1.29, 1.82) is 0 Å². The number of nitrogens with zero attached hydrogens (tertiary/aromatic N) is 1. The van der Waals surface area contributed by atoms with Gasteiger partial charge in [0.05, 0.1) is 18.9 Å². The highest BCUT2D eigenvalue weighted by molar-refractivity contribution is 5.95. The Bertz CT molecular complexity index is 792. The fraction of sp³-hybridized carbons (Fsp3) is 0.235. The molecule has 0 aliphatic carbocycles. The van der Waals surface area contributed by atoms with Crippen molar-refractivity contribution in [1.82, 2.24) is 5.43 Å². The number of hydrogen-bond donors (Lipinski definition) is 1. The number of hydrazone groups is 1. The summed E-state index contributed by atoms with van der Waals surface area (Å²) in [6.45, 7) is 4.79. The van der Waals surface area contributed by atoms with Crippen LogP contribution in [-0.4, -0.2) is 25.2 Å². The van der Waals surface area contributed by atoms with E-state index in [0.717, 1.165) is 0 Å². The molecular formula is C17H18N2O5. The Morgan fingerprint density at radius 3 is 2.54 bits per heavy atom. The van der Waals surface area contributed by atoms with Gasteiger partial charge in [-0.3, -0.25) is 9.59 Å². The number of ether oxygens (including phenoxy) is 2. The predicted octanol–water partition coefficient (Wildman–Crippen LogP) is 2.59. The van der Waals surface area contributed by atoms with Crippen LogP contribution in [0, 0.1) is 13.8 Å². The van der Waals surface area contributed by atoms with E-state index in [1.54, 1.807) is 38.1 Å². The summed E-state index contributed by atoms with van der Waals surface area (Å²) in [6.07, 6.45) is 1.46. The van der Waals surface area contributed by atoms with Crippen molar-refractivity contribution < 1.29 is 23.5 Å². The van der Waals surface area contributed by atoms with Crippen LogP contribution in [0.4, 0.5) is 0 Å². The van der Waals surface area contributed by atoms with Crippen molar-refractivity contribution in [3.63, 3.8) is 0 Å². The molecule has 0 aliphatic rings. The lowest BCUT2D eigenvalue weighted by atomic mass is 10.2. The van der Waals surface area contributed by atoms with E-state index in [-0.39, 0.29) is 5.91 Å². The van der Waals surface area contributed by atoms with Gasteiger partial charge in [-0.2, -0.15) is 5.10 Å². The van der Waals surface area contributed by atoms with Crippen molar-refractivity contribution in [3.05, 3.63) is 46.9 Å². The van der Waals surface area contributed by atoms with E-state index in [0.29, 0.717) is 34.1 Å². The molecule has 1 N–H and O–H groups in total. The summed E-state index contributed by atoms with van der Waals surface area (Å²) in [5, 5.41) is 3.90. The molecule has 0 unspecified atom stereocenters. The van der Waals surface area contributed by atoms with Gasteiger partial charge in [-0.25, -0.2) is 5.43 Å². The normalized spacial score (nSPS) is 10.7. The maximum Gasteiger partial charge on any atom is 0.308 e. The van der Waals surface area contributed by atoms with E-state index in [9.17, 15) is 9.59 Å². The Balaban J connectivity index is 2.07. The zero-order chi connectivity index (χ0) is 17.7. The number of hydrogen-bond acceptors (Lipinski definition) is 6. The van der Waals surface area contributed by atoms with Crippen LogP contribution in [-0.2, 0) is 4.79 Å². The second kappa shape index (κ2) is 7.45. The second-order valence-corrected chi connectivity index (χ2v) is 5.03. The Morgan fingerprint density at radius 2 is 1.96 bits per heavy atom. The highest BCUT2D eigenvalue weighted by atomic mass is 16.6. The van der Waals surface area contributed by atoms with Crippen LogP contribution >= 0.6 is 0 Å². The summed E-state index contributed by atoms with van der Waals surface area (Å²) in [5.41, 5.74) is 3.54. The molecule has 1 aromatic carbocycles. The molecule has 126 valence electrons. The van der Waals surface area contributed by atoms with Gasteiger partial charge in [-0.05, 0) is 43.7 Å². The highest BCUT2D eigenvalue weighted by Gasteiger charge is 2.12. The van der Waals surface area contributed by atoms with E-state index in [1.807, 2.05) is 0 Å². The molecule has 1 heterocycles. The summed E-state index contributed by atoms with van der Waals surface area (Å²) in [6, 6.07) is 6.56. The summed E-state index contributed by atoms with van der Waals surface area (Å²) in [5.74, 6) is 1.11. The molecule has 2 aromatic rings. The molecule has 0 bridgehead atoms. The quantitative estimate of drug-likeness (QED) is 0.394. The minimum Gasteiger partial charge on any atom is -0.493 e. The van der Waals surface area contributed by atoms with Crippen molar-refractivity contribution in [2.45, 2.75) is 20.8 Å². The monoisotopic (exact) mass is 330 g/mol. The maximum atomic E-state index is 12.0. The molecule has 0 spiro atoms. The molecule has 0 atom stereocenters. The molecule has 1 amide bonds. The molecule has 2 rings (SSSR count). The summed E-state index contributed by atoms with van der Waals surface area (Å²) >= 11 is 0. The topological polar surface area (TPSA) is 90.1 Å². The second-order valence-electron chi connectivity index (χ2n) is 5.03. The summed E-state index contributed by atoms with van der Waals surface area (Å²) in [4.78, 5) is 23.0. The number of methoxy groups -OCH3 is 1. The van der Waals surface area contributed by atoms with Crippen LogP contribution in [0.2, 0.25) is 0 Å². The first-order valence-electron chi connectivity index (χ1n) is 7.17. The SMILES string of the molecule is COc1cc(C=NNC(=O)c2cc(C)oc2C)ccc1OC(C)=O. The summed E-state index contributed by atoms with van der Waals surface area (Å²) < 4.78 is 15.5. The first-order chi connectivity index (χ1) is 11.4. The van der Waals surface area contributed by atoms with Crippen LogP contribution in [0.1, 0.15) is 34.4 Å². The number of aryl methyl sites for hydroxylation is 2. The van der Waals surface area contributed by atoms with Crippen molar-refractivity contribution >= 4 is 18.1 Å². The Kier molecular flexibility index (Phi) is 5.36. The van der Waals surface area contributed by atoms with Gasteiger partial charge in [0.15, 0.2) is 11.5 Å². The number of carbonyl (C=O) groups excluding carboxylic acids is 2. The smallest absolute Gasteiger partial charge is 0.308 e. The molecule has 0 radical (unpaired) electrons. The van der Waals surface area contributed by atoms with Gasteiger partial charge in [0.1, 0.15) is 11.5 Å². The third-order valence-corrected chi connectivity index (χ3v) is 3.11. The minimum atomic E-state index is -0.437. The standard InChI is InChI=1S/C17H18N2O5/c1-10-7-14(11(2)23-10)17(21)19-18-9-13-5-6-15(24-12(3)20)16(8-13)22-4/h5-9H,1-4H3,(H,19,21). The van der Waals surface area contributed by atoms with Crippen molar-refractivity contribution in [2.24, 2.45) is 5.10 Å². The Labute approximate surface area is 139 Å². The van der Waals surface area contributed by atoms with E-state index >= 15 is 0 Å². The number of carbonyl (C=O) groups is 2. The van der Waals surface area contributed by atoms with E-state index < -0.39 is 5.97 Å². The zero-order valence-electron chi connectivity index (χ0n) is 13.9. The molecule has 7 nitrogen and oxygen atoms in total. The van der Waals surface area contributed by atoms with Crippen molar-refractivity contribution in [3.8, 4) is 11.5 Å². The first-order valence-corrected chi connectivity index (χ1v) is 7.17. The average molecular weight is 330 g/mol. The van der Waals surface area contributed by atoms with Crippen LogP contribution in [0.3, 0.4) is 0 Å². The fourth-order valence-electron chi connectivity index (χ4n) is 2.09. The van der Waals surface area contributed by atoms with Crippen LogP contribution < -0.4 is 14.9 Å². The molecule has 24 heavy (non-hydrogen) atoms. The van der Waals surface area contributed by atoms with Gasteiger partial charge in [-0.15, -0.1) is 0 Å². The number of benzene rings is 1. The van der Waals surface area contributed by atoms with Crippen molar-refractivity contribution in [2.75, 3.05) is 7.11 Å². The van der Waals surface area contributed by atoms with E-state index in [4.69, 9.17) is 13.9 Å². The van der Waals surface area contributed by atoms with Crippen LogP contribution in [0.5, 0.6) is 11.5 Å². The van der Waals surface area contributed by atoms with Gasteiger partial charge in [0.25, 0.3) is 5.91 Å². The van der Waals surface area contributed by atoms with Gasteiger partial charge in [-0.1, -0.05) is 0 Å². The minimum absolute atomic E-state index is 0.315. The number of furan rings is 1. The van der Waals surface area contributed by atoms with Crippen LogP contribution in [0.25, 0.3) is 0 Å². The maximum absolute atomic E-state index is 12.0. The first kappa shape index (κ1) is 17.3. The third kappa shape index (κ3) is 4.22. The average Bonchev–Trinajstić information content (AvgIpc) is 2.86. The number of nitrogens with one attached hydrogen (secondary N) is 1. The molecule has 0 aliphatic heterocycles. The van der Waals surface area contributed by atoms with Crippen LogP contribution in [0.15, 0.2) is 33.8 Å². The Morgan fingerprint density at radius 1 is 1.21 bits per heavy atom. The lowest BCUT2D eigenvalue weighted by molar-refractivity contribution is -0.132. The fourth-order valence-corrected chi connectivity index (χ4v) is 2.09. The number of esters is 1. The lowest BCUT2D eigenvalue weighted by Gasteiger charge is -2.08. The zero-order valence-corrected chi connectivity index (χ0v) is 13.9. The predicted molar refractivity (Wildman–Crippen MR) is 87.5 cm³/mol. The Hall–Kier alpha value is -3.09. The molecule has 1 aromatic heterocycles. The third-order valence-electron chi connectivity index (χ3n) is 3.11. The highest BCUT2D eigenvalue weighted by Crippen LogP contribution is 2.27. The molecule has 0 saturated carbocycles. The van der Waals surface area contributed by atoms with E-state index in [2.05, 4.69) is 10.5 Å². The number of amides is 1. The van der Waals surface area contributed by atoms with Gasteiger partial charge >= 0.3 is 5.97 Å². The number of rotatable bonds is 5.